The molecule has 0 atom stereocenters. The average Bonchev–Trinajstić information content (AvgIpc) is 2.29. The molecule has 0 aromatic carbocycles. The van der Waals surface area contributed by atoms with Gasteiger partial charge in [0.25, 0.3) is 0 Å². The predicted molar refractivity (Wildman–Crippen MR) is 69.9 cm³/mol. The van der Waals surface area contributed by atoms with Gasteiger partial charge in [-0.05, 0) is 31.4 Å². The summed E-state index contributed by atoms with van der Waals surface area (Å²) < 4.78 is 9.87. The second-order valence-electron chi connectivity index (χ2n) is 4.21. The first kappa shape index (κ1) is 16.2. The third-order valence-electron chi connectivity index (χ3n) is 1.89. The Labute approximate surface area is 108 Å². The van der Waals surface area contributed by atoms with E-state index in [1.807, 2.05) is 0 Å². The van der Waals surface area contributed by atoms with Gasteiger partial charge in [0, 0.05) is 0 Å². The van der Waals surface area contributed by atoms with Crippen LogP contribution in [-0.2, 0) is 19.1 Å². The van der Waals surface area contributed by atoms with E-state index in [0.717, 1.165) is 0 Å². The molecule has 0 aromatic heterocycles. The Bertz CT molecular complexity index is 325. The second-order valence-corrected chi connectivity index (χ2v) is 4.21. The van der Waals surface area contributed by atoms with Crippen molar-refractivity contribution in [2.45, 2.75) is 20.3 Å². The number of hydrogen-bond acceptors (Lipinski definition) is 4. The van der Waals surface area contributed by atoms with E-state index in [4.69, 9.17) is 9.47 Å². The van der Waals surface area contributed by atoms with Crippen LogP contribution in [-0.4, -0.2) is 25.2 Å². The lowest BCUT2D eigenvalue weighted by molar-refractivity contribution is -0.160. The zero-order chi connectivity index (χ0) is 14.1. The maximum absolute atomic E-state index is 11.7. The lowest BCUT2D eigenvalue weighted by Gasteiger charge is -2.13. The van der Waals surface area contributed by atoms with Gasteiger partial charge in [-0.1, -0.05) is 19.2 Å². The van der Waals surface area contributed by atoms with Crippen molar-refractivity contribution >= 4 is 11.9 Å². The summed E-state index contributed by atoms with van der Waals surface area (Å²) in [4.78, 5) is 23.4. The predicted octanol–water partition coefficient (Wildman–Crippen LogP) is 2.42. The van der Waals surface area contributed by atoms with Crippen molar-refractivity contribution in [1.82, 2.24) is 0 Å². The number of carbonyl (C=O) groups excluding carboxylic acids is 2. The minimum atomic E-state index is -0.971. The van der Waals surface area contributed by atoms with Crippen LogP contribution in [0, 0.1) is 5.92 Å². The SMILES string of the molecule is C=CCC(C(=O)OCC(=C)C)C(=O)OCC(=C)C. The van der Waals surface area contributed by atoms with Crippen LogP contribution >= 0.6 is 0 Å². The molecular weight excluding hydrogens is 232 g/mol. The van der Waals surface area contributed by atoms with Crippen molar-refractivity contribution in [3.63, 3.8) is 0 Å². The van der Waals surface area contributed by atoms with Crippen molar-refractivity contribution in [2.75, 3.05) is 13.2 Å². The first-order chi connectivity index (χ1) is 8.38. The highest BCUT2D eigenvalue weighted by Crippen LogP contribution is 2.10. The molecule has 0 fully saturated rings. The maximum atomic E-state index is 11.7. The lowest BCUT2D eigenvalue weighted by Crippen LogP contribution is -2.28. The van der Waals surface area contributed by atoms with Crippen LogP contribution in [0.15, 0.2) is 37.0 Å². The van der Waals surface area contributed by atoms with Crippen LogP contribution in [0.5, 0.6) is 0 Å². The van der Waals surface area contributed by atoms with Gasteiger partial charge < -0.3 is 9.47 Å². The number of ether oxygens (including phenoxy) is 2. The highest BCUT2D eigenvalue weighted by atomic mass is 16.6. The fraction of sp³-hybridized carbons (Fsp3) is 0.429. The van der Waals surface area contributed by atoms with Gasteiger partial charge in [-0.2, -0.15) is 0 Å². The zero-order valence-corrected chi connectivity index (χ0v) is 11.0. The van der Waals surface area contributed by atoms with Crippen LogP contribution < -0.4 is 0 Å². The molecule has 0 aliphatic rings. The Morgan fingerprint density at radius 2 is 1.44 bits per heavy atom. The fourth-order valence-electron chi connectivity index (χ4n) is 1.05. The van der Waals surface area contributed by atoms with Gasteiger partial charge in [-0.25, -0.2) is 0 Å². The molecule has 0 saturated carbocycles. The normalized spacial score (nSPS) is 9.72. The summed E-state index contributed by atoms with van der Waals surface area (Å²) in [5.74, 6) is -2.21. The molecule has 0 saturated heterocycles. The van der Waals surface area contributed by atoms with Crippen molar-refractivity contribution in [3.8, 4) is 0 Å². The molecule has 0 rings (SSSR count). The molecule has 0 radical (unpaired) electrons. The first-order valence-corrected chi connectivity index (χ1v) is 5.61. The van der Waals surface area contributed by atoms with E-state index in [1.165, 1.54) is 6.08 Å². The maximum Gasteiger partial charge on any atom is 0.320 e. The Morgan fingerprint density at radius 1 is 1.06 bits per heavy atom. The molecule has 0 aromatic rings. The highest BCUT2D eigenvalue weighted by molar-refractivity contribution is 5.95. The number of hydrogen-bond donors (Lipinski definition) is 0. The van der Waals surface area contributed by atoms with Crippen LogP contribution in [0.4, 0.5) is 0 Å². The summed E-state index contributed by atoms with van der Waals surface area (Å²) in [7, 11) is 0. The zero-order valence-electron chi connectivity index (χ0n) is 11.0. The molecule has 0 amide bonds. The van der Waals surface area contributed by atoms with Crippen molar-refractivity contribution in [2.24, 2.45) is 5.92 Å². The Hall–Kier alpha value is -1.84. The molecule has 0 heterocycles. The van der Waals surface area contributed by atoms with Crippen molar-refractivity contribution < 1.29 is 19.1 Å². The Balaban J connectivity index is 4.47. The summed E-state index contributed by atoms with van der Waals surface area (Å²) in [6.07, 6.45) is 1.67. The molecule has 4 heteroatoms. The van der Waals surface area contributed by atoms with E-state index in [0.29, 0.717) is 11.1 Å². The highest BCUT2D eigenvalue weighted by Gasteiger charge is 2.28. The van der Waals surface area contributed by atoms with E-state index in [1.54, 1.807) is 13.8 Å². The molecule has 18 heavy (non-hydrogen) atoms. The van der Waals surface area contributed by atoms with Crippen molar-refractivity contribution in [1.29, 1.82) is 0 Å². The fourth-order valence-corrected chi connectivity index (χ4v) is 1.05. The molecule has 0 N–H and O–H groups in total. The van der Waals surface area contributed by atoms with E-state index < -0.39 is 17.9 Å². The third-order valence-corrected chi connectivity index (χ3v) is 1.89. The summed E-state index contributed by atoms with van der Waals surface area (Å²) in [6, 6.07) is 0. The largest absolute Gasteiger partial charge is 0.461 e. The van der Waals surface area contributed by atoms with E-state index in [9.17, 15) is 9.59 Å². The summed E-state index contributed by atoms with van der Waals surface area (Å²) in [6.45, 7) is 14.4. The smallest absolute Gasteiger partial charge is 0.320 e. The molecule has 0 aliphatic carbocycles. The van der Waals surface area contributed by atoms with Crippen LogP contribution in [0.25, 0.3) is 0 Å². The molecule has 4 nitrogen and oxygen atoms in total. The number of allylic oxidation sites excluding steroid dienone is 1. The minimum absolute atomic E-state index is 0.0975. The van der Waals surface area contributed by atoms with Gasteiger partial charge in [0.1, 0.15) is 13.2 Å². The Morgan fingerprint density at radius 3 is 1.72 bits per heavy atom. The number of rotatable bonds is 8. The molecule has 100 valence electrons. The van der Waals surface area contributed by atoms with E-state index in [-0.39, 0.29) is 19.6 Å². The van der Waals surface area contributed by atoms with E-state index >= 15 is 0 Å². The van der Waals surface area contributed by atoms with Crippen LogP contribution in [0.2, 0.25) is 0 Å². The molecule has 0 unspecified atom stereocenters. The van der Waals surface area contributed by atoms with Gasteiger partial charge >= 0.3 is 11.9 Å². The third kappa shape index (κ3) is 6.68. The topological polar surface area (TPSA) is 52.6 Å². The van der Waals surface area contributed by atoms with E-state index in [2.05, 4.69) is 19.7 Å². The summed E-state index contributed by atoms with van der Waals surface area (Å²) in [5.41, 5.74) is 1.41. The molecule has 0 aliphatic heterocycles. The van der Waals surface area contributed by atoms with Crippen LogP contribution in [0.3, 0.4) is 0 Å². The van der Waals surface area contributed by atoms with Gasteiger partial charge in [0.15, 0.2) is 5.92 Å². The van der Waals surface area contributed by atoms with Crippen LogP contribution in [0.1, 0.15) is 20.3 Å². The van der Waals surface area contributed by atoms with Gasteiger partial charge in [-0.15, -0.1) is 6.58 Å². The van der Waals surface area contributed by atoms with Gasteiger partial charge in [-0.3, -0.25) is 9.59 Å². The number of esters is 2. The summed E-state index contributed by atoms with van der Waals surface area (Å²) in [5, 5.41) is 0. The minimum Gasteiger partial charge on any atom is -0.461 e. The number of carbonyl (C=O) groups is 2. The monoisotopic (exact) mass is 252 g/mol. The molecule has 0 bridgehead atoms. The molecular formula is C14H20O4. The Kier molecular flexibility index (Phi) is 7.43. The molecule has 0 spiro atoms. The van der Waals surface area contributed by atoms with Crippen molar-refractivity contribution in [3.05, 3.63) is 37.0 Å². The second kappa shape index (κ2) is 8.28. The van der Waals surface area contributed by atoms with Gasteiger partial charge in [0.2, 0.25) is 0 Å². The quantitative estimate of drug-likeness (QED) is 0.378. The standard InChI is InChI=1S/C14H20O4/c1-6-7-12(13(15)17-8-10(2)3)14(16)18-9-11(4)5/h6,12H,1-2,4,7-9H2,3,5H3. The first-order valence-electron chi connectivity index (χ1n) is 5.61. The average molecular weight is 252 g/mol. The lowest BCUT2D eigenvalue weighted by atomic mass is 10.1. The summed E-state index contributed by atoms with van der Waals surface area (Å²) >= 11 is 0. The van der Waals surface area contributed by atoms with Gasteiger partial charge in [0.05, 0.1) is 0 Å².